The third-order valence-electron chi connectivity index (χ3n) is 5.86. The van der Waals surface area contributed by atoms with Gasteiger partial charge >= 0.3 is 0 Å². The molecule has 0 atom stereocenters. The molecule has 5 aromatic rings. The van der Waals surface area contributed by atoms with Crippen LogP contribution in [0.15, 0.2) is 49.1 Å². The first-order valence-electron chi connectivity index (χ1n) is 10.3. The van der Waals surface area contributed by atoms with Crippen LogP contribution in [0.5, 0.6) is 0 Å². The van der Waals surface area contributed by atoms with Crippen molar-refractivity contribution < 1.29 is 0 Å². The van der Waals surface area contributed by atoms with Crippen LogP contribution in [0, 0.1) is 0 Å². The Kier molecular flexibility index (Phi) is 4.13. The highest BCUT2D eigenvalue weighted by Gasteiger charge is 2.20. The number of anilines is 1. The molecule has 31 heavy (non-hydrogen) atoms. The van der Waals surface area contributed by atoms with Gasteiger partial charge in [0, 0.05) is 55.7 Å². The molecular weight excluding hydrogens is 390 g/mol. The van der Waals surface area contributed by atoms with Gasteiger partial charge in [0.25, 0.3) is 0 Å². The normalized spacial score (nSPS) is 15.2. The van der Waals surface area contributed by atoms with Gasteiger partial charge in [-0.25, -0.2) is 9.97 Å². The highest BCUT2D eigenvalue weighted by atomic mass is 15.3. The maximum atomic E-state index is 4.76. The maximum absolute atomic E-state index is 4.76. The summed E-state index contributed by atoms with van der Waals surface area (Å²) in [5, 5.41) is 8.63. The van der Waals surface area contributed by atoms with Crippen molar-refractivity contribution >= 4 is 27.8 Å². The third-order valence-corrected chi connectivity index (χ3v) is 5.86. The molecule has 0 saturated carbocycles. The molecule has 6 rings (SSSR count). The molecule has 2 N–H and O–H groups in total. The Labute approximate surface area is 178 Å². The fraction of sp³-hybridized carbons (Fsp3) is 0.227. The van der Waals surface area contributed by atoms with Gasteiger partial charge in [-0.05, 0) is 25.2 Å². The predicted molar refractivity (Wildman–Crippen MR) is 120 cm³/mol. The molecule has 0 amide bonds. The van der Waals surface area contributed by atoms with Crippen molar-refractivity contribution in [3.63, 3.8) is 0 Å². The van der Waals surface area contributed by atoms with E-state index in [1.54, 1.807) is 18.6 Å². The van der Waals surface area contributed by atoms with Gasteiger partial charge in [0.2, 0.25) is 0 Å². The molecule has 0 unspecified atom stereocenters. The van der Waals surface area contributed by atoms with E-state index >= 15 is 0 Å². The molecule has 9 heteroatoms. The third kappa shape index (κ3) is 3.10. The average molecular weight is 411 g/mol. The molecule has 1 aliphatic heterocycles. The maximum Gasteiger partial charge on any atom is 0.180 e. The SMILES string of the molecule is CN1CCN(c2ccnc3nc(-c4n[nH]c5ccc(-c6cnccn6)cc45)[nH]c23)CC1. The van der Waals surface area contributed by atoms with Crippen molar-refractivity contribution in [1.82, 2.24) is 40.0 Å². The number of hydrogen-bond acceptors (Lipinski definition) is 7. The number of piperazine rings is 1. The monoisotopic (exact) mass is 411 g/mol. The standard InChI is InChI=1S/C22H21N9/c1-30-8-10-31(11-9-30)18-4-5-25-21-20(18)26-22(27-21)19-15-12-14(2-3-16(15)28-29-19)17-13-23-6-7-24-17/h2-7,12-13H,8-11H2,1H3,(H,28,29)(H,25,26,27). The van der Waals surface area contributed by atoms with E-state index in [4.69, 9.17) is 4.98 Å². The zero-order chi connectivity index (χ0) is 20.8. The smallest absolute Gasteiger partial charge is 0.180 e. The minimum Gasteiger partial charge on any atom is -0.367 e. The van der Waals surface area contributed by atoms with Crippen molar-refractivity contribution in [2.45, 2.75) is 0 Å². The van der Waals surface area contributed by atoms with E-state index < -0.39 is 0 Å². The first-order valence-corrected chi connectivity index (χ1v) is 10.3. The van der Waals surface area contributed by atoms with E-state index in [9.17, 15) is 0 Å². The number of nitrogens with zero attached hydrogens (tertiary/aromatic N) is 7. The molecule has 0 bridgehead atoms. The molecule has 5 heterocycles. The fourth-order valence-electron chi connectivity index (χ4n) is 4.12. The van der Waals surface area contributed by atoms with Gasteiger partial charge < -0.3 is 14.8 Å². The van der Waals surface area contributed by atoms with Crippen molar-refractivity contribution in [3.8, 4) is 22.8 Å². The molecule has 1 saturated heterocycles. The van der Waals surface area contributed by atoms with Crippen LogP contribution in [-0.2, 0) is 0 Å². The summed E-state index contributed by atoms with van der Waals surface area (Å²) in [5.41, 5.74) is 6.29. The largest absolute Gasteiger partial charge is 0.367 e. The average Bonchev–Trinajstić information content (AvgIpc) is 3.43. The quantitative estimate of drug-likeness (QED) is 0.471. The van der Waals surface area contributed by atoms with Gasteiger partial charge in [-0.3, -0.25) is 15.1 Å². The van der Waals surface area contributed by atoms with Gasteiger partial charge in [0.1, 0.15) is 11.2 Å². The van der Waals surface area contributed by atoms with Crippen LogP contribution in [0.3, 0.4) is 0 Å². The molecule has 1 aliphatic rings. The van der Waals surface area contributed by atoms with Gasteiger partial charge in [0.05, 0.1) is 23.1 Å². The highest BCUT2D eigenvalue weighted by Crippen LogP contribution is 2.31. The Hall–Kier alpha value is -3.85. The van der Waals surface area contributed by atoms with E-state index in [0.29, 0.717) is 11.5 Å². The molecule has 154 valence electrons. The second-order valence-corrected chi connectivity index (χ2v) is 7.83. The molecular formula is C22H21N9. The molecule has 9 nitrogen and oxygen atoms in total. The number of aromatic nitrogens is 7. The summed E-state index contributed by atoms with van der Waals surface area (Å²) in [6.07, 6.45) is 6.95. The van der Waals surface area contributed by atoms with Gasteiger partial charge in [-0.1, -0.05) is 6.07 Å². The van der Waals surface area contributed by atoms with Crippen LogP contribution >= 0.6 is 0 Å². The number of aromatic amines is 2. The van der Waals surface area contributed by atoms with Gasteiger partial charge in [-0.2, -0.15) is 5.10 Å². The minimum atomic E-state index is 0.701. The molecule has 1 aromatic carbocycles. The lowest BCUT2D eigenvalue weighted by Crippen LogP contribution is -2.44. The molecule has 0 spiro atoms. The number of H-pyrrole nitrogens is 2. The summed E-state index contributed by atoms with van der Waals surface area (Å²) in [7, 11) is 2.16. The second-order valence-electron chi connectivity index (χ2n) is 7.83. The number of rotatable bonds is 3. The summed E-state index contributed by atoms with van der Waals surface area (Å²) < 4.78 is 0. The number of nitrogens with one attached hydrogen (secondary N) is 2. The zero-order valence-corrected chi connectivity index (χ0v) is 17.1. The topological polar surface area (TPSA) is 103 Å². The number of imidazole rings is 1. The number of likely N-dealkylation sites (N-methyl/N-ethyl adjacent to an activating group) is 1. The first-order chi connectivity index (χ1) is 15.3. The molecule has 0 radical (unpaired) electrons. The van der Waals surface area contributed by atoms with Crippen LogP contribution in [0.1, 0.15) is 0 Å². The predicted octanol–water partition coefficient (Wildman–Crippen LogP) is 2.71. The van der Waals surface area contributed by atoms with Crippen LogP contribution < -0.4 is 4.90 Å². The second kappa shape index (κ2) is 7.13. The van der Waals surface area contributed by atoms with E-state index in [2.05, 4.69) is 59.1 Å². The van der Waals surface area contributed by atoms with E-state index in [0.717, 1.165) is 65.2 Å². The Morgan fingerprint density at radius 2 is 1.87 bits per heavy atom. The molecule has 0 aliphatic carbocycles. The Balaban J connectivity index is 1.44. The Bertz CT molecular complexity index is 1360. The van der Waals surface area contributed by atoms with Crippen molar-refractivity contribution in [2.24, 2.45) is 0 Å². The summed E-state index contributed by atoms with van der Waals surface area (Å²) in [6.45, 7) is 4.05. The van der Waals surface area contributed by atoms with Crippen LogP contribution in [0.25, 0.3) is 44.8 Å². The van der Waals surface area contributed by atoms with Crippen LogP contribution in [0.4, 0.5) is 5.69 Å². The van der Waals surface area contributed by atoms with Gasteiger partial charge in [-0.15, -0.1) is 0 Å². The number of pyridine rings is 1. The lowest BCUT2D eigenvalue weighted by molar-refractivity contribution is 0.313. The number of benzene rings is 1. The highest BCUT2D eigenvalue weighted by molar-refractivity contribution is 5.96. The summed E-state index contributed by atoms with van der Waals surface area (Å²) in [5.74, 6) is 0.701. The first kappa shape index (κ1) is 18.0. The number of fused-ring (bicyclic) bond motifs is 2. The van der Waals surface area contributed by atoms with Crippen LogP contribution in [0.2, 0.25) is 0 Å². The van der Waals surface area contributed by atoms with Crippen molar-refractivity contribution in [3.05, 3.63) is 49.1 Å². The zero-order valence-electron chi connectivity index (χ0n) is 17.1. The summed E-state index contributed by atoms with van der Waals surface area (Å²) in [6, 6.07) is 8.15. The van der Waals surface area contributed by atoms with E-state index in [1.807, 2.05) is 18.3 Å². The van der Waals surface area contributed by atoms with Crippen molar-refractivity contribution in [2.75, 3.05) is 38.1 Å². The van der Waals surface area contributed by atoms with Crippen LogP contribution in [-0.4, -0.2) is 73.2 Å². The van der Waals surface area contributed by atoms with E-state index in [1.165, 1.54) is 0 Å². The number of hydrogen-bond donors (Lipinski definition) is 2. The van der Waals surface area contributed by atoms with Crippen molar-refractivity contribution in [1.29, 1.82) is 0 Å². The Morgan fingerprint density at radius 3 is 2.71 bits per heavy atom. The lowest BCUT2D eigenvalue weighted by atomic mass is 10.1. The lowest BCUT2D eigenvalue weighted by Gasteiger charge is -2.34. The summed E-state index contributed by atoms with van der Waals surface area (Å²) >= 11 is 0. The molecule has 1 fully saturated rings. The minimum absolute atomic E-state index is 0.701. The Morgan fingerprint density at radius 1 is 0.968 bits per heavy atom. The molecule has 4 aromatic heterocycles. The fourth-order valence-corrected chi connectivity index (χ4v) is 4.12. The van der Waals surface area contributed by atoms with E-state index in [-0.39, 0.29) is 0 Å². The summed E-state index contributed by atoms with van der Waals surface area (Å²) in [4.78, 5) is 26.1. The van der Waals surface area contributed by atoms with Gasteiger partial charge in [0.15, 0.2) is 11.5 Å².